The second-order valence-corrected chi connectivity index (χ2v) is 6.80. The average Bonchev–Trinajstić information content (AvgIpc) is 2.66. The van der Waals surface area contributed by atoms with E-state index in [1.165, 1.54) is 0 Å². The van der Waals surface area contributed by atoms with Crippen molar-refractivity contribution in [3.63, 3.8) is 0 Å². The molecule has 0 fully saturated rings. The third kappa shape index (κ3) is 2.15. The number of pyridine rings is 1. The highest BCUT2D eigenvalue weighted by molar-refractivity contribution is 6.32. The smallest absolute Gasteiger partial charge is 0.155 e. The number of aromatic nitrogens is 2. The number of aryl methyl sites for hydroxylation is 1. The Hall–Kier alpha value is -1.32. The van der Waals surface area contributed by atoms with Gasteiger partial charge in [0.1, 0.15) is 0 Å². The molecule has 20 heavy (non-hydrogen) atoms. The summed E-state index contributed by atoms with van der Waals surface area (Å²) in [6, 6.07) is 5.73. The zero-order valence-electron chi connectivity index (χ0n) is 12.0. The first-order valence-corrected chi connectivity index (χ1v) is 7.27. The van der Waals surface area contributed by atoms with Crippen LogP contribution in [0.2, 0.25) is 5.02 Å². The van der Waals surface area contributed by atoms with Gasteiger partial charge in [0.15, 0.2) is 5.82 Å². The molecule has 3 rings (SSSR count). The lowest BCUT2D eigenvalue weighted by molar-refractivity contribution is 0.0986. The number of hydrogen-bond acceptors (Lipinski definition) is 2. The number of halogens is 1. The molecule has 0 amide bonds. The molecule has 0 spiro atoms. The Balaban J connectivity index is 2.22. The third-order valence-corrected chi connectivity index (χ3v) is 4.32. The number of rotatable bonds is 1. The van der Waals surface area contributed by atoms with Gasteiger partial charge >= 0.3 is 0 Å². The van der Waals surface area contributed by atoms with Gasteiger partial charge in [-0.15, -0.1) is 0 Å². The van der Waals surface area contributed by atoms with Crippen LogP contribution in [0.4, 0.5) is 0 Å². The van der Waals surface area contributed by atoms with Gasteiger partial charge in [0.25, 0.3) is 0 Å². The Kier molecular flexibility index (Phi) is 3.14. The van der Waals surface area contributed by atoms with Crippen molar-refractivity contribution in [2.24, 2.45) is 5.41 Å². The highest BCUT2D eigenvalue weighted by Gasteiger charge is 2.34. The summed E-state index contributed by atoms with van der Waals surface area (Å²) in [5.41, 5.74) is 3.29. The summed E-state index contributed by atoms with van der Waals surface area (Å²) in [6.07, 6.45) is 3.05. The SMILES string of the molecule is Cc1cc2c(n1-c1ncccc1Cl)CC(C)(C)CC2O. The maximum Gasteiger partial charge on any atom is 0.155 e. The van der Waals surface area contributed by atoms with E-state index in [-0.39, 0.29) is 5.41 Å². The van der Waals surface area contributed by atoms with Crippen molar-refractivity contribution in [3.05, 3.63) is 46.4 Å². The summed E-state index contributed by atoms with van der Waals surface area (Å²) in [5, 5.41) is 11.0. The largest absolute Gasteiger partial charge is 0.388 e. The minimum Gasteiger partial charge on any atom is -0.388 e. The van der Waals surface area contributed by atoms with Gasteiger partial charge in [-0.1, -0.05) is 25.4 Å². The molecule has 2 aromatic rings. The van der Waals surface area contributed by atoms with Crippen LogP contribution in [0.15, 0.2) is 24.4 Å². The normalized spacial score (nSPS) is 20.8. The lowest BCUT2D eigenvalue weighted by atomic mass is 9.75. The van der Waals surface area contributed by atoms with E-state index in [2.05, 4.69) is 29.5 Å². The fourth-order valence-corrected chi connectivity index (χ4v) is 3.39. The molecule has 0 saturated carbocycles. The Morgan fingerprint density at radius 1 is 1.45 bits per heavy atom. The van der Waals surface area contributed by atoms with Crippen LogP contribution in [0.3, 0.4) is 0 Å². The van der Waals surface area contributed by atoms with Crippen LogP contribution >= 0.6 is 11.6 Å². The zero-order valence-corrected chi connectivity index (χ0v) is 12.8. The molecule has 0 saturated heterocycles. The predicted molar refractivity (Wildman–Crippen MR) is 80.4 cm³/mol. The molecule has 0 bridgehead atoms. The molecule has 0 aliphatic heterocycles. The summed E-state index contributed by atoms with van der Waals surface area (Å²) >= 11 is 6.29. The van der Waals surface area contributed by atoms with Gasteiger partial charge in [-0.2, -0.15) is 0 Å². The van der Waals surface area contributed by atoms with Crippen LogP contribution in [0, 0.1) is 12.3 Å². The van der Waals surface area contributed by atoms with Gasteiger partial charge in [-0.05, 0) is 43.4 Å². The first-order chi connectivity index (χ1) is 9.39. The van der Waals surface area contributed by atoms with Crippen molar-refractivity contribution in [1.82, 2.24) is 9.55 Å². The molecule has 0 radical (unpaired) electrons. The Morgan fingerprint density at radius 2 is 2.20 bits per heavy atom. The molecule has 4 heteroatoms. The molecule has 3 nitrogen and oxygen atoms in total. The van der Waals surface area contributed by atoms with Crippen molar-refractivity contribution in [1.29, 1.82) is 0 Å². The highest BCUT2D eigenvalue weighted by Crippen LogP contribution is 2.43. The Bertz CT molecular complexity index is 660. The summed E-state index contributed by atoms with van der Waals surface area (Å²) in [6.45, 7) is 6.40. The van der Waals surface area contributed by atoms with Gasteiger partial charge in [-0.3, -0.25) is 0 Å². The number of aliphatic hydroxyl groups is 1. The quantitative estimate of drug-likeness (QED) is 0.866. The van der Waals surface area contributed by atoms with Crippen molar-refractivity contribution in [2.45, 2.75) is 39.7 Å². The van der Waals surface area contributed by atoms with Crippen molar-refractivity contribution in [2.75, 3.05) is 0 Å². The van der Waals surface area contributed by atoms with Crippen LogP contribution in [-0.2, 0) is 6.42 Å². The van der Waals surface area contributed by atoms with Crippen LogP contribution in [0.1, 0.15) is 43.3 Å². The fraction of sp³-hybridized carbons (Fsp3) is 0.438. The van der Waals surface area contributed by atoms with Crippen molar-refractivity contribution >= 4 is 11.6 Å². The number of fused-ring (bicyclic) bond motifs is 1. The predicted octanol–water partition coefficient (Wildman–Crippen LogP) is 3.84. The molecule has 0 aromatic carbocycles. The molecular weight excluding hydrogens is 272 g/mol. The Labute approximate surface area is 124 Å². The molecule has 1 unspecified atom stereocenters. The van der Waals surface area contributed by atoms with E-state index in [0.29, 0.717) is 5.02 Å². The molecule has 2 heterocycles. The first-order valence-electron chi connectivity index (χ1n) is 6.89. The molecule has 1 aliphatic rings. The summed E-state index contributed by atoms with van der Waals surface area (Å²) < 4.78 is 2.09. The van der Waals surface area contributed by atoms with Gasteiger partial charge in [0.2, 0.25) is 0 Å². The molecule has 2 aromatic heterocycles. The summed E-state index contributed by atoms with van der Waals surface area (Å²) in [7, 11) is 0. The first kappa shape index (κ1) is 13.7. The van der Waals surface area contributed by atoms with E-state index >= 15 is 0 Å². The maximum atomic E-state index is 10.4. The molecule has 106 valence electrons. The van der Waals surface area contributed by atoms with E-state index in [4.69, 9.17) is 11.6 Å². The van der Waals surface area contributed by atoms with Crippen LogP contribution in [0.5, 0.6) is 0 Å². The monoisotopic (exact) mass is 290 g/mol. The van der Waals surface area contributed by atoms with E-state index in [9.17, 15) is 5.11 Å². The summed E-state index contributed by atoms with van der Waals surface area (Å²) in [4.78, 5) is 4.41. The lowest BCUT2D eigenvalue weighted by Gasteiger charge is -2.33. The second kappa shape index (κ2) is 4.61. The van der Waals surface area contributed by atoms with E-state index in [1.807, 2.05) is 19.1 Å². The van der Waals surface area contributed by atoms with Gasteiger partial charge in [0.05, 0.1) is 11.1 Å². The lowest BCUT2D eigenvalue weighted by Crippen LogP contribution is -2.26. The Morgan fingerprint density at radius 3 is 2.90 bits per heavy atom. The van der Waals surface area contributed by atoms with Gasteiger partial charge in [0, 0.05) is 23.1 Å². The topological polar surface area (TPSA) is 38.0 Å². The number of aliphatic hydroxyl groups excluding tert-OH is 1. The van der Waals surface area contributed by atoms with Gasteiger partial charge < -0.3 is 9.67 Å². The minimum absolute atomic E-state index is 0.0796. The summed E-state index contributed by atoms with van der Waals surface area (Å²) in [5.74, 6) is 0.748. The fourth-order valence-electron chi connectivity index (χ4n) is 3.18. The second-order valence-electron chi connectivity index (χ2n) is 6.39. The average molecular weight is 291 g/mol. The third-order valence-electron chi connectivity index (χ3n) is 4.02. The number of nitrogens with zero attached hydrogens (tertiary/aromatic N) is 2. The maximum absolute atomic E-state index is 10.4. The van der Waals surface area contributed by atoms with Crippen molar-refractivity contribution < 1.29 is 5.11 Å². The van der Waals surface area contributed by atoms with E-state index in [0.717, 1.165) is 35.6 Å². The van der Waals surface area contributed by atoms with Crippen LogP contribution in [0.25, 0.3) is 5.82 Å². The van der Waals surface area contributed by atoms with E-state index < -0.39 is 6.10 Å². The molecular formula is C16H19ClN2O. The van der Waals surface area contributed by atoms with E-state index in [1.54, 1.807) is 6.20 Å². The van der Waals surface area contributed by atoms with Crippen molar-refractivity contribution in [3.8, 4) is 5.82 Å². The molecule has 1 atom stereocenters. The van der Waals surface area contributed by atoms with Crippen LogP contribution in [-0.4, -0.2) is 14.7 Å². The number of hydrogen-bond donors (Lipinski definition) is 1. The molecule has 1 aliphatic carbocycles. The van der Waals surface area contributed by atoms with Gasteiger partial charge in [-0.25, -0.2) is 4.98 Å². The molecule has 1 N–H and O–H groups in total. The standard InChI is InChI=1S/C16H19ClN2O/c1-10-7-11-13(8-16(2,3)9-14(11)20)19(10)15-12(17)5-4-6-18-15/h4-7,14,20H,8-9H2,1-3H3. The zero-order chi connectivity index (χ0) is 14.5. The minimum atomic E-state index is -0.406. The highest BCUT2D eigenvalue weighted by atomic mass is 35.5. The van der Waals surface area contributed by atoms with Crippen LogP contribution < -0.4 is 0 Å².